The topological polar surface area (TPSA) is 45.2 Å². The molecular formula is C15H18N2O. The van der Waals surface area contributed by atoms with Gasteiger partial charge in [0.1, 0.15) is 0 Å². The van der Waals surface area contributed by atoms with Crippen molar-refractivity contribution >= 4 is 10.9 Å². The molecule has 18 heavy (non-hydrogen) atoms. The molecule has 0 aliphatic carbocycles. The molecule has 0 amide bonds. The first kappa shape index (κ1) is 11.6. The fraction of sp³-hybridized carbons (Fsp3) is 0.400. The molecule has 2 atom stereocenters. The Balaban J connectivity index is 1.88. The van der Waals surface area contributed by atoms with Crippen molar-refractivity contribution in [2.24, 2.45) is 0 Å². The molecule has 2 aromatic rings. The SMILES string of the molecule is O[C@@H](c1ccc2ncccc2c1)[C@H]1CCCCN1. The summed E-state index contributed by atoms with van der Waals surface area (Å²) in [5.41, 5.74) is 1.96. The highest BCUT2D eigenvalue weighted by Gasteiger charge is 2.22. The van der Waals surface area contributed by atoms with Crippen molar-refractivity contribution in [1.82, 2.24) is 10.3 Å². The first-order valence-corrected chi connectivity index (χ1v) is 6.61. The predicted molar refractivity (Wildman–Crippen MR) is 72.3 cm³/mol. The van der Waals surface area contributed by atoms with E-state index in [1.165, 1.54) is 12.8 Å². The van der Waals surface area contributed by atoms with Crippen LogP contribution in [0.3, 0.4) is 0 Å². The minimum Gasteiger partial charge on any atom is -0.387 e. The number of benzene rings is 1. The molecule has 94 valence electrons. The predicted octanol–water partition coefficient (Wildman–Crippen LogP) is 2.41. The fourth-order valence-electron chi connectivity index (χ4n) is 2.66. The Hall–Kier alpha value is -1.45. The molecule has 0 unspecified atom stereocenters. The van der Waals surface area contributed by atoms with Gasteiger partial charge in [0, 0.05) is 17.6 Å². The third-order valence-corrected chi connectivity index (χ3v) is 3.70. The van der Waals surface area contributed by atoms with Crippen LogP contribution in [0.15, 0.2) is 36.5 Å². The van der Waals surface area contributed by atoms with Crippen LogP contribution in [0.1, 0.15) is 30.9 Å². The number of pyridine rings is 1. The van der Waals surface area contributed by atoms with Gasteiger partial charge in [-0.25, -0.2) is 0 Å². The molecule has 1 aromatic carbocycles. The standard InChI is InChI=1S/C15H18N2O/c18-15(14-5-1-2-8-17-14)12-6-7-13-11(10-12)4-3-9-16-13/h3-4,6-7,9-10,14-15,17-18H,1-2,5,8H2/t14-,15+/m1/s1. The van der Waals surface area contributed by atoms with Crippen molar-refractivity contribution in [2.75, 3.05) is 6.54 Å². The van der Waals surface area contributed by atoms with Crippen molar-refractivity contribution in [2.45, 2.75) is 31.4 Å². The molecule has 3 heteroatoms. The Morgan fingerprint density at radius 3 is 3.06 bits per heavy atom. The van der Waals surface area contributed by atoms with E-state index >= 15 is 0 Å². The third-order valence-electron chi connectivity index (χ3n) is 3.70. The highest BCUT2D eigenvalue weighted by atomic mass is 16.3. The Bertz CT molecular complexity index is 535. The summed E-state index contributed by atoms with van der Waals surface area (Å²) >= 11 is 0. The minimum absolute atomic E-state index is 0.188. The molecule has 1 saturated heterocycles. The van der Waals surface area contributed by atoms with E-state index in [1.54, 1.807) is 6.20 Å². The minimum atomic E-state index is -0.421. The van der Waals surface area contributed by atoms with Crippen LogP contribution < -0.4 is 5.32 Å². The number of hydrogen-bond acceptors (Lipinski definition) is 3. The molecule has 2 heterocycles. The van der Waals surface area contributed by atoms with Gasteiger partial charge in [-0.15, -0.1) is 0 Å². The maximum absolute atomic E-state index is 10.4. The Kier molecular flexibility index (Phi) is 3.26. The summed E-state index contributed by atoms with van der Waals surface area (Å²) in [4.78, 5) is 4.30. The largest absolute Gasteiger partial charge is 0.387 e. The van der Waals surface area contributed by atoms with Crippen molar-refractivity contribution in [1.29, 1.82) is 0 Å². The molecule has 1 fully saturated rings. The average Bonchev–Trinajstić information content (AvgIpc) is 2.47. The van der Waals surface area contributed by atoms with Crippen LogP contribution in [-0.2, 0) is 0 Å². The lowest BCUT2D eigenvalue weighted by atomic mass is 9.94. The molecule has 0 radical (unpaired) electrons. The lowest BCUT2D eigenvalue weighted by Gasteiger charge is -2.28. The quantitative estimate of drug-likeness (QED) is 0.850. The van der Waals surface area contributed by atoms with E-state index in [4.69, 9.17) is 0 Å². The van der Waals surface area contributed by atoms with Crippen molar-refractivity contribution < 1.29 is 5.11 Å². The smallest absolute Gasteiger partial charge is 0.0943 e. The molecule has 3 nitrogen and oxygen atoms in total. The van der Waals surface area contributed by atoms with Crippen LogP contribution in [0.25, 0.3) is 10.9 Å². The zero-order valence-corrected chi connectivity index (χ0v) is 10.3. The lowest BCUT2D eigenvalue weighted by molar-refractivity contribution is 0.114. The Labute approximate surface area is 107 Å². The van der Waals surface area contributed by atoms with Crippen LogP contribution in [0.2, 0.25) is 0 Å². The molecule has 1 aliphatic heterocycles. The van der Waals surface area contributed by atoms with Gasteiger partial charge in [-0.05, 0) is 43.1 Å². The highest BCUT2D eigenvalue weighted by Crippen LogP contribution is 2.25. The van der Waals surface area contributed by atoms with Gasteiger partial charge in [-0.2, -0.15) is 0 Å². The van der Waals surface area contributed by atoms with E-state index in [0.717, 1.165) is 29.4 Å². The Morgan fingerprint density at radius 2 is 2.22 bits per heavy atom. The maximum atomic E-state index is 10.4. The van der Waals surface area contributed by atoms with Crippen molar-refractivity contribution in [3.8, 4) is 0 Å². The number of aromatic nitrogens is 1. The summed E-state index contributed by atoms with van der Waals surface area (Å²) in [6.07, 6.45) is 4.83. The van der Waals surface area contributed by atoms with Gasteiger partial charge >= 0.3 is 0 Å². The number of rotatable bonds is 2. The van der Waals surface area contributed by atoms with Crippen LogP contribution in [-0.4, -0.2) is 22.7 Å². The van der Waals surface area contributed by atoms with Gasteiger partial charge < -0.3 is 10.4 Å². The van der Waals surface area contributed by atoms with Crippen LogP contribution in [0.4, 0.5) is 0 Å². The van der Waals surface area contributed by atoms with E-state index in [-0.39, 0.29) is 6.04 Å². The summed E-state index contributed by atoms with van der Waals surface area (Å²) < 4.78 is 0. The lowest BCUT2D eigenvalue weighted by Crippen LogP contribution is -2.38. The first-order chi connectivity index (χ1) is 8.84. The second kappa shape index (κ2) is 5.04. The number of fused-ring (bicyclic) bond motifs is 1. The molecule has 0 spiro atoms. The fourth-order valence-corrected chi connectivity index (χ4v) is 2.66. The molecule has 0 bridgehead atoms. The second-order valence-electron chi connectivity index (χ2n) is 4.96. The van der Waals surface area contributed by atoms with E-state index in [2.05, 4.69) is 10.3 Å². The molecule has 1 aliphatic rings. The summed E-state index contributed by atoms with van der Waals surface area (Å²) in [5, 5.41) is 14.9. The van der Waals surface area contributed by atoms with Gasteiger partial charge in [0.25, 0.3) is 0 Å². The van der Waals surface area contributed by atoms with Crippen LogP contribution in [0.5, 0.6) is 0 Å². The van der Waals surface area contributed by atoms with Crippen LogP contribution >= 0.6 is 0 Å². The monoisotopic (exact) mass is 242 g/mol. The number of aliphatic hydroxyl groups is 1. The van der Waals surface area contributed by atoms with E-state index < -0.39 is 6.10 Å². The van der Waals surface area contributed by atoms with Gasteiger partial charge in [-0.1, -0.05) is 18.6 Å². The molecule has 0 saturated carbocycles. The average molecular weight is 242 g/mol. The molecule has 1 aromatic heterocycles. The molecule has 2 N–H and O–H groups in total. The zero-order chi connectivity index (χ0) is 12.4. The Morgan fingerprint density at radius 1 is 1.28 bits per heavy atom. The number of piperidine rings is 1. The number of nitrogens with zero attached hydrogens (tertiary/aromatic N) is 1. The second-order valence-corrected chi connectivity index (χ2v) is 4.96. The number of hydrogen-bond donors (Lipinski definition) is 2. The number of aliphatic hydroxyl groups excluding tert-OH is 1. The molecule has 3 rings (SSSR count). The highest BCUT2D eigenvalue weighted by molar-refractivity contribution is 5.79. The van der Waals surface area contributed by atoms with E-state index in [1.807, 2.05) is 30.3 Å². The molecular weight excluding hydrogens is 224 g/mol. The van der Waals surface area contributed by atoms with Gasteiger partial charge in [0.05, 0.1) is 11.6 Å². The van der Waals surface area contributed by atoms with Gasteiger partial charge in [-0.3, -0.25) is 4.98 Å². The zero-order valence-electron chi connectivity index (χ0n) is 10.3. The summed E-state index contributed by atoms with van der Waals surface area (Å²) in [6.45, 7) is 1.01. The third kappa shape index (κ3) is 2.24. The first-order valence-electron chi connectivity index (χ1n) is 6.61. The maximum Gasteiger partial charge on any atom is 0.0943 e. The normalized spacial score (nSPS) is 21.9. The van der Waals surface area contributed by atoms with Crippen LogP contribution in [0, 0.1) is 0 Å². The summed E-state index contributed by atoms with van der Waals surface area (Å²) in [6, 6.07) is 10.2. The van der Waals surface area contributed by atoms with Gasteiger partial charge in [0.2, 0.25) is 0 Å². The van der Waals surface area contributed by atoms with E-state index in [9.17, 15) is 5.11 Å². The van der Waals surface area contributed by atoms with Crippen molar-refractivity contribution in [3.63, 3.8) is 0 Å². The van der Waals surface area contributed by atoms with Crippen molar-refractivity contribution in [3.05, 3.63) is 42.1 Å². The number of nitrogens with one attached hydrogen (secondary N) is 1. The summed E-state index contributed by atoms with van der Waals surface area (Å²) in [5.74, 6) is 0. The van der Waals surface area contributed by atoms with Gasteiger partial charge in [0.15, 0.2) is 0 Å². The van der Waals surface area contributed by atoms with E-state index in [0.29, 0.717) is 0 Å². The summed E-state index contributed by atoms with van der Waals surface area (Å²) in [7, 11) is 0.